The van der Waals surface area contributed by atoms with Crippen molar-refractivity contribution < 1.29 is 9.53 Å². The summed E-state index contributed by atoms with van der Waals surface area (Å²) in [7, 11) is 1.55. The van der Waals surface area contributed by atoms with Crippen LogP contribution in [0.1, 0.15) is 11.3 Å². The minimum absolute atomic E-state index is 0.271. The van der Waals surface area contributed by atoms with Crippen molar-refractivity contribution in [2.75, 3.05) is 7.11 Å². The fourth-order valence-corrected chi connectivity index (χ4v) is 0.781. The second-order valence-electron chi connectivity index (χ2n) is 2.14. The SMILES string of the molecule is COc1cc([C]=O)ncc1C. The maximum atomic E-state index is 10.1. The van der Waals surface area contributed by atoms with E-state index in [-0.39, 0.29) is 5.69 Å². The van der Waals surface area contributed by atoms with Gasteiger partial charge >= 0.3 is 0 Å². The molecule has 0 saturated carbocycles. The average molecular weight is 150 g/mol. The number of aromatic nitrogens is 1. The number of pyridine rings is 1. The number of methoxy groups -OCH3 is 1. The Morgan fingerprint density at radius 3 is 2.91 bits per heavy atom. The Balaban J connectivity index is 3.12. The maximum absolute atomic E-state index is 10.1. The van der Waals surface area contributed by atoms with Crippen LogP contribution in [0.25, 0.3) is 0 Å². The third-order valence-electron chi connectivity index (χ3n) is 1.38. The first-order chi connectivity index (χ1) is 5.27. The highest BCUT2D eigenvalue weighted by atomic mass is 16.5. The van der Waals surface area contributed by atoms with E-state index in [4.69, 9.17) is 4.74 Å². The van der Waals surface area contributed by atoms with Crippen molar-refractivity contribution in [3.63, 3.8) is 0 Å². The summed E-state index contributed by atoms with van der Waals surface area (Å²) in [5.41, 5.74) is 1.18. The Morgan fingerprint density at radius 2 is 2.36 bits per heavy atom. The number of aryl methyl sites for hydroxylation is 1. The molecule has 0 spiro atoms. The minimum Gasteiger partial charge on any atom is -0.496 e. The topological polar surface area (TPSA) is 39.2 Å². The van der Waals surface area contributed by atoms with Gasteiger partial charge in [0.1, 0.15) is 11.4 Å². The average Bonchev–Trinajstić information content (AvgIpc) is 2.05. The Kier molecular flexibility index (Phi) is 2.21. The highest BCUT2D eigenvalue weighted by Gasteiger charge is 1.99. The number of hydrogen-bond acceptors (Lipinski definition) is 3. The highest BCUT2D eigenvalue weighted by Crippen LogP contribution is 2.15. The van der Waals surface area contributed by atoms with E-state index in [0.29, 0.717) is 5.75 Å². The van der Waals surface area contributed by atoms with Crippen molar-refractivity contribution in [3.8, 4) is 5.75 Å². The quantitative estimate of drug-likeness (QED) is 0.627. The van der Waals surface area contributed by atoms with Gasteiger partial charge in [-0.2, -0.15) is 0 Å². The van der Waals surface area contributed by atoms with Crippen LogP contribution < -0.4 is 4.74 Å². The van der Waals surface area contributed by atoms with Gasteiger partial charge in [-0.3, -0.25) is 9.78 Å². The predicted molar refractivity (Wildman–Crippen MR) is 40.3 cm³/mol. The molecule has 0 aromatic carbocycles. The molecular formula is C8H8NO2. The molecule has 0 fully saturated rings. The summed E-state index contributed by atoms with van der Waals surface area (Å²) < 4.78 is 4.97. The standard InChI is InChI=1S/C8H8NO2/c1-6-4-9-7(5-10)3-8(6)11-2/h3-4H,1-2H3. The predicted octanol–water partition coefficient (Wildman–Crippen LogP) is 0.856. The van der Waals surface area contributed by atoms with Gasteiger partial charge in [0.05, 0.1) is 7.11 Å². The van der Waals surface area contributed by atoms with Crippen LogP contribution >= 0.6 is 0 Å². The second kappa shape index (κ2) is 3.14. The minimum atomic E-state index is 0.271. The van der Waals surface area contributed by atoms with E-state index in [1.807, 2.05) is 6.92 Å². The number of nitrogens with zero attached hydrogens (tertiary/aromatic N) is 1. The van der Waals surface area contributed by atoms with Crippen LogP contribution in [0.15, 0.2) is 12.3 Å². The third kappa shape index (κ3) is 1.55. The van der Waals surface area contributed by atoms with E-state index in [1.165, 1.54) is 0 Å². The Labute approximate surface area is 65.0 Å². The summed E-state index contributed by atoms with van der Waals surface area (Å²) >= 11 is 0. The molecule has 3 heteroatoms. The molecule has 0 unspecified atom stereocenters. The summed E-state index contributed by atoms with van der Waals surface area (Å²) in [6.07, 6.45) is 3.27. The molecule has 0 saturated heterocycles. The lowest BCUT2D eigenvalue weighted by molar-refractivity contribution is 0.411. The van der Waals surface area contributed by atoms with E-state index >= 15 is 0 Å². The molecule has 0 N–H and O–H groups in total. The van der Waals surface area contributed by atoms with Gasteiger partial charge in [0.25, 0.3) is 6.29 Å². The maximum Gasteiger partial charge on any atom is 0.253 e. The molecule has 0 bridgehead atoms. The van der Waals surface area contributed by atoms with Crippen LogP contribution in [0.3, 0.4) is 0 Å². The summed E-state index contributed by atoms with van der Waals surface area (Å²) in [5.74, 6) is 0.665. The molecule has 57 valence electrons. The lowest BCUT2D eigenvalue weighted by Crippen LogP contribution is -1.92. The van der Waals surface area contributed by atoms with Crippen LogP contribution in [0.5, 0.6) is 5.75 Å². The van der Waals surface area contributed by atoms with Gasteiger partial charge < -0.3 is 4.74 Å². The molecule has 1 heterocycles. The summed E-state index contributed by atoms with van der Waals surface area (Å²) in [6.45, 7) is 1.86. The largest absolute Gasteiger partial charge is 0.496 e. The van der Waals surface area contributed by atoms with Crippen molar-refractivity contribution in [2.45, 2.75) is 6.92 Å². The zero-order chi connectivity index (χ0) is 8.27. The van der Waals surface area contributed by atoms with Crippen molar-refractivity contribution in [1.29, 1.82) is 0 Å². The molecule has 0 aliphatic rings. The van der Waals surface area contributed by atoms with Crippen LogP contribution in [-0.4, -0.2) is 18.4 Å². The molecule has 1 rings (SSSR count). The van der Waals surface area contributed by atoms with E-state index < -0.39 is 0 Å². The van der Waals surface area contributed by atoms with Crippen molar-refractivity contribution in [1.82, 2.24) is 4.98 Å². The molecule has 1 aromatic rings. The number of carbonyl (C=O) groups excluding carboxylic acids is 1. The second-order valence-corrected chi connectivity index (χ2v) is 2.14. The molecule has 1 aromatic heterocycles. The zero-order valence-corrected chi connectivity index (χ0v) is 6.42. The first-order valence-corrected chi connectivity index (χ1v) is 3.16. The van der Waals surface area contributed by atoms with Crippen molar-refractivity contribution >= 4 is 6.29 Å². The van der Waals surface area contributed by atoms with Crippen LogP contribution in [0.2, 0.25) is 0 Å². The molecule has 11 heavy (non-hydrogen) atoms. The fraction of sp³-hybridized carbons (Fsp3) is 0.250. The van der Waals surface area contributed by atoms with Gasteiger partial charge in [0.15, 0.2) is 0 Å². The monoisotopic (exact) mass is 150 g/mol. The lowest BCUT2D eigenvalue weighted by Gasteiger charge is -2.02. The fourth-order valence-electron chi connectivity index (χ4n) is 0.781. The third-order valence-corrected chi connectivity index (χ3v) is 1.38. The van der Waals surface area contributed by atoms with E-state index in [0.717, 1.165) is 5.56 Å². The highest BCUT2D eigenvalue weighted by molar-refractivity contribution is 5.73. The molecule has 0 atom stereocenters. The van der Waals surface area contributed by atoms with E-state index in [1.54, 1.807) is 25.7 Å². The molecule has 0 aliphatic heterocycles. The first kappa shape index (κ1) is 7.72. The Bertz CT molecular complexity index is 271. The van der Waals surface area contributed by atoms with Crippen LogP contribution in [-0.2, 0) is 4.79 Å². The van der Waals surface area contributed by atoms with Gasteiger partial charge in [-0.1, -0.05) is 0 Å². The van der Waals surface area contributed by atoms with Gasteiger partial charge in [-0.05, 0) is 6.92 Å². The Hall–Kier alpha value is -1.38. The molecular weight excluding hydrogens is 142 g/mol. The molecule has 3 nitrogen and oxygen atoms in total. The van der Waals surface area contributed by atoms with Gasteiger partial charge in [0, 0.05) is 17.8 Å². The molecule has 0 aliphatic carbocycles. The smallest absolute Gasteiger partial charge is 0.253 e. The normalized spacial score (nSPS) is 9.27. The molecule has 0 amide bonds. The van der Waals surface area contributed by atoms with Gasteiger partial charge in [-0.25, -0.2) is 0 Å². The molecule has 1 radical (unpaired) electrons. The number of hydrogen-bond donors (Lipinski definition) is 0. The number of ether oxygens (including phenoxy) is 1. The van der Waals surface area contributed by atoms with Crippen molar-refractivity contribution in [3.05, 3.63) is 23.5 Å². The number of rotatable bonds is 2. The van der Waals surface area contributed by atoms with Crippen molar-refractivity contribution in [2.24, 2.45) is 0 Å². The van der Waals surface area contributed by atoms with Crippen LogP contribution in [0, 0.1) is 6.92 Å². The van der Waals surface area contributed by atoms with Crippen LogP contribution in [0.4, 0.5) is 0 Å². The van der Waals surface area contributed by atoms with Gasteiger partial charge in [-0.15, -0.1) is 0 Å². The van der Waals surface area contributed by atoms with E-state index in [9.17, 15) is 4.79 Å². The first-order valence-electron chi connectivity index (χ1n) is 3.16. The lowest BCUT2D eigenvalue weighted by atomic mass is 10.2. The summed E-state index contributed by atoms with van der Waals surface area (Å²) in [6, 6.07) is 1.56. The summed E-state index contributed by atoms with van der Waals surface area (Å²) in [4.78, 5) is 13.9. The Morgan fingerprint density at radius 1 is 1.64 bits per heavy atom. The van der Waals surface area contributed by atoms with E-state index in [2.05, 4.69) is 4.98 Å². The summed E-state index contributed by atoms with van der Waals surface area (Å²) in [5, 5.41) is 0. The zero-order valence-electron chi connectivity index (χ0n) is 6.42. The van der Waals surface area contributed by atoms with Gasteiger partial charge in [0.2, 0.25) is 0 Å².